The summed E-state index contributed by atoms with van der Waals surface area (Å²) < 4.78 is 47.2. The molecule has 0 spiro atoms. The SMILES string of the molecule is CCNC(=NCCCOCC(C)C)NCCC(O)(c1nccn1C)C(F)(F)F. The lowest BCUT2D eigenvalue weighted by molar-refractivity contribution is -0.272. The summed E-state index contributed by atoms with van der Waals surface area (Å²) in [6.07, 6.45) is -2.14. The van der Waals surface area contributed by atoms with E-state index in [1.165, 1.54) is 24.0 Å². The minimum Gasteiger partial charge on any atom is -0.381 e. The molecule has 1 aromatic rings. The van der Waals surface area contributed by atoms with Crippen molar-refractivity contribution in [2.24, 2.45) is 18.0 Å². The average molecular weight is 407 g/mol. The third-order valence-corrected chi connectivity index (χ3v) is 3.95. The van der Waals surface area contributed by atoms with E-state index in [0.29, 0.717) is 44.6 Å². The van der Waals surface area contributed by atoms with Crippen molar-refractivity contribution in [3.8, 4) is 0 Å². The standard InChI is InChI=1S/C18H32F3N5O2/c1-5-22-16(24-8-6-12-28-13-14(2)3)25-9-7-17(27,18(19,20)21)15-23-10-11-26(15)4/h10-11,14,27H,5-9,12-13H2,1-4H3,(H2,22,24,25). The van der Waals surface area contributed by atoms with E-state index in [4.69, 9.17) is 4.74 Å². The van der Waals surface area contributed by atoms with Gasteiger partial charge < -0.3 is 25.0 Å². The van der Waals surface area contributed by atoms with Gasteiger partial charge in [-0.25, -0.2) is 4.98 Å². The zero-order valence-corrected chi connectivity index (χ0v) is 17.0. The van der Waals surface area contributed by atoms with E-state index in [-0.39, 0.29) is 6.54 Å². The van der Waals surface area contributed by atoms with Crippen LogP contribution in [-0.4, -0.2) is 59.6 Å². The Labute approximate surface area is 164 Å². The molecule has 162 valence electrons. The van der Waals surface area contributed by atoms with Crippen molar-refractivity contribution in [1.82, 2.24) is 20.2 Å². The van der Waals surface area contributed by atoms with Crippen LogP contribution in [0.15, 0.2) is 17.4 Å². The van der Waals surface area contributed by atoms with Gasteiger partial charge in [0.2, 0.25) is 5.60 Å². The molecule has 0 aliphatic rings. The van der Waals surface area contributed by atoms with E-state index < -0.39 is 24.0 Å². The normalized spacial score (nSPS) is 15.0. The molecule has 3 N–H and O–H groups in total. The largest absolute Gasteiger partial charge is 0.424 e. The number of nitrogens with zero attached hydrogens (tertiary/aromatic N) is 3. The van der Waals surface area contributed by atoms with Crippen LogP contribution in [0.25, 0.3) is 0 Å². The molecule has 1 atom stereocenters. The third-order valence-electron chi connectivity index (χ3n) is 3.95. The second-order valence-electron chi connectivity index (χ2n) is 6.98. The Morgan fingerprint density at radius 3 is 2.61 bits per heavy atom. The molecule has 0 amide bonds. The van der Waals surface area contributed by atoms with Gasteiger partial charge in [0.1, 0.15) is 5.82 Å². The molecule has 0 bridgehead atoms. The van der Waals surface area contributed by atoms with Crippen LogP contribution in [0.4, 0.5) is 13.2 Å². The Hall–Kier alpha value is -1.81. The molecule has 1 heterocycles. The Bertz CT molecular complexity index is 604. The number of guanidine groups is 1. The molecule has 0 aliphatic carbocycles. The van der Waals surface area contributed by atoms with Crippen molar-refractivity contribution in [1.29, 1.82) is 0 Å². The molecule has 0 fully saturated rings. The number of aliphatic hydroxyl groups is 1. The summed E-state index contributed by atoms with van der Waals surface area (Å²) in [6.45, 7) is 8.19. The lowest BCUT2D eigenvalue weighted by Crippen LogP contribution is -2.48. The smallest absolute Gasteiger partial charge is 0.381 e. The van der Waals surface area contributed by atoms with E-state index in [1.54, 1.807) is 0 Å². The number of hydrogen-bond acceptors (Lipinski definition) is 4. The number of rotatable bonds is 11. The van der Waals surface area contributed by atoms with Crippen LogP contribution < -0.4 is 10.6 Å². The molecule has 28 heavy (non-hydrogen) atoms. The van der Waals surface area contributed by atoms with E-state index in [1.807, 2.05) is 6.92 Å². The number of alkyl halides is 3. The summed E-state index contributed by atoms with van der Waals surface area (Å²) in [6, 6.07) is 0. The average Bonchev–Trinajstić information content (AvgIpc) is 3.03. The molecule has 0 radical (unpaired) electrons. The van der Waals surface area contributed by atoms with Gasteiger partial charge >= 0.3 is 6.18 Å². The zero-order chi connectivity index (χ0) is 21.2. The van der Waals surface area contributed by atoms with Crippen LogP contribution in [-0.2, 0) is 17.4 Å². The van der Waals surface area contributed by atoms with Gasteiger partial charge in [-0.05, 0) is 19.3 Å². The van der Waals surface area contributed by atoms with Crippen LogP contribution >= 0.6 is 0 Å². The number of ether oxygens (including phenoxy) is 1. The molecule has 0 aliphatic heterocycles. The molecule has 0 saturated heterocycles. The Morgan fingerprint density at radius 1 is 1.36 bits per heavy atom. The first-order valence-electron chi connectivity index (χ1n) is 9.48. The highest BCUT2D eigenvalue weighted by Crippen LogP contribution is 2.40. The molecule has 1 unspecified atom stereocenters. The summed E-state index contributed by atoms with van der Waals surface area (Å²) in [4.78, 5) is 8.01. The van der Waals surface area contributed by atoms with Crippen LogP contribution in [0.1, 0.15) is 39.4 Å². The molecule has 0 aromatic carbocycles. The number of aryl methyl sites for hydroxylation is 1. The Kier molecular flexibility index (Phi) is 9.74. The molecule has 1 rings (SSSR count). The maximum atomic E-state index is 13.5. The van der Waals surface area contributed by atoms with Crippen LogP contribution in [0, 0.1) is 5.92 Å². The maximum Gasteiger partial charge on any atom is 0.424 e. The van der Waals surface area contributed by atoms with Crippen molar-refractivity contribution in [3.63, 3.8) is 0 Å². The monoisotopic (exact) mass is 407 g/mol. The Balaban J connectivity index is 2.61. The van der Waals surface area contributed by atoms with Gasteiger partial charge in [-0.3, -0.25) is 4.99 Å². The zero-order valence-electron chi connectivity index (χ0n) is 17.0. The second kappa shape index (κ2) is 11.3. The minimum absolute atomic E-state index is 0.126. The summed E-state index contributed by atoms with van der Waals surface area (Å²) >= 11 is 0. The highest BCUT2D eigenvalue weighted by Gasteiger charge is 2.57. The number of halogens is 3. The van der Waals surface area contributed by atoms with Gasteiger partial charge in [-0.2, -0.15) is 13.2 Å². The first-order valence-corrected chi connectivity index (χ1v) is 9.48. The summed E-state index contributed by atoms with van der Waals surface area (Å²) in [5, 5.41) is 16.1. The molecule has 0 saturated carbocycles. The topological polar surface area (TPSA) is 83.7 Å². The van der Waals surface area contributed by atoms with Crippen molar-refractivity contribution >= 4 is 5.96 Å². The number of nitrogens with one attached hydrogen (secondary N) is 2. The summed E-state index contributed by atoms with van der Waals surface area (Å²) in [5.74, 6) is 0.426. The van der Waals surface area contributed by atoms with Crippen LogP contribution in [0.2, 0.25) is 0 Å². The maximum absolute atomic E-state index is 13.5. The molecule has 7 nitrogen and oxygen atoms in total. The Morgan fingerprint density at radius 2 is 2.07 bits per heavy atom. The molecular weight excluding hydrogens is 375 g/mol. The van der Waals surface area contributed by atoms with Crippen molar-refractivity contribution in [2.45, 2.75) is 45.4 Å². The highest BCUT2D eigenvalue weighted by atomic mass is 19.4. The van der Waals surface area contributed by atoms with E-state index in [0.717, 1.165) is 0 Å². The van der Waals surface area contributed by atoms with Gasteiger partial charge in [0.15, 0.2) is 5.96 Å². The highest BCUT2D eigenvalue weighted by molar-refractivity contribution is 5.79. The summed E-state index contributed by atoms with van der Waals surface area (Å²) in [7, 11) is 1.42. The third kappa shape index (κ3) is 7.31. The fourth-order valence-electron chi connectivity index (χ4n) is 2.52. The van der Waals surface area contributed by atoms with Crippen molar-refractivity contribution in [3.05, 3.63) is 18.2 Å². The second-order valence-corrected chi connectivity index (χ2v) is 6.98. The number of imidazole rings is 1. The first-order chi connectivity index (χ1) is 13.1. The predicted octanol–water partition coefficient (Wildman–Crippen LogP) is 2.18. The van der Waals surface area contributed by atoms with Crippen LogP contribution in [0.3, 0.4) is 0 Å². The summed E-state index contributed by atoms with van der Waals surface area (Å²) in [5.41, 5.74) is -3.04. The van der Waals surface area contributed by atoms with Gasteiger partial charge in [-0.15, -0.1) is 0 Å². The first kappa shape index (κ1) is 24.2. The van der Waals surface area contributed by atoms with Gasteiger partial charge in [0.05, 0.1) is 0 Å². The number of hydrogen-bond donors (Lipinski definition) is 3. The van der Waals surface area contributed by atoms with Crippen LogP contribution in [0.5, 0.6) is 0 Å². The fraction of sp³-hybridized carbons (Fsp3) is 0.778. The quantitative estimate of drug-likeness (QED) is 0.298. The lowest BCUT2D eigenvalue weighted by atomic mass is 9.97. The molecular formula is C18H32F3N5O2. The van der Waals surface area contributed by atoms with Crippen molar-refractivity contribution in [2.75, 3.05) is 32.8 Å². The van der Waals surface area contributed by atoms with E-state index in [2.05, 4.69) is 34.5 Å². The van der Waals surface area contributed by atoms with E-state index >= 15 is 0 Å². The van der Waals surface area contributed by atoms with E-state index in [9.17, 15) is 18.3 Å². The molecule has 1 aromatic heterocycles. The lowest BCUT2D eigenvalue weighted by Gasteiger charge is -2.30. The molecule has 10 heteroatoms. The van der Waals surface area contributed by atoms with Gasteiger partial charge in [0.25, 0.3) is 0 Å². The van der Waals surface area contributed by atoms with Gasteiger partial charge in [0, 0.05) is 58.7 Å². The van der Waals surface area contributed by atoms with Gasteiger partial charge in [-0.1, -0.05) is 13.8 Å². The van der Waals surface area contributed by atoms with Crippen molar-refractivity contribution < 1.29 is 23.0 Å². The predicted molar refractivity (Wildman–Crippen MR) is 102 cm³/mol. The fourth-order valence-corrected chi connectivity index (χ4v) is 2.52. The minimum atomic E-state index is -4.85. The number of aliphatic imine (C=N–C) groups is 1. The number of aromatic nitrogens is 2.